The molecule has 0 radical (unpaired) electrons. The van der Waals surface area contributed by atoms with E-state index in [2.05, 4.69) is 39.7 Å². The number of nitrogens with zero attached hydrogens (tertiary/aromatic N) is 2. The second-order valence-corrected chi connectivity index (χ2v) is 7.57. The first-order chi connectivity index (χ1) is 12.5. The summed E-state index contributed by atoms with van der Waals surface area (Å²) in [6, 6.07) is 9.26. The van der Waals surface area contributed by atoms with Crippen molar-refractivity contribution >= 4 is 45.6 Å². The fourth-order valence-corrected chi connectivity index (χ4v) is 3.66. The quantitative estimate of drug-likeness (QED) is 0.612. The van der Waals surface area contributed by atoms with E-state index in [1.807, 2.05) is 6.07 Å². The van der Waals surface area contributed by atoms with Crippen LogP contribution >= 0.6 is 23.2 Å². The molecule has 1 atom stereocenters. The normalized spacial score (nSPS) is 19.8. The highest BCUT2D eigenvalue weighted by molar-refractivity contribution is 6.42. The highest BCUT2D eigenvalue weighted by Gasteiger charge is 2.30. The van der Waals surface area contributed by atoms with E-state index >= 15 is 0 Å². The summed E-state index contributed by atoms with van der Waals surface area (Å²) in [6.45, 7) is 4.17. The third-order valence-electron chi connectivity index (χ3n) is 4.99. The van der Waals surface area contributed by atoms with Gasteiger partial charge in [0.25, 0.3) is 0 Å². The van der Waals surface area contributed by atoms with Crippen molar-refractivity contribution in [3.63, 3.8) is 0 Å². The zero-order chi connectivity index (χ0) is 18.3. The fourth-order valence-electron chi connectivity index (χ4n) is 3.35. The minimum Gasteiger partial charge on any atom is -0.337 e. The number of fused-ring (bicyclic) bond motifs is 1. The van der Waals surface area contributed by atoms with Crippen LogP contribution < -0.4 is 10.6 Å². The first-order valence-corrected chi connectivity index (χ1v) is 9.10. The second kappa shape index (κ2) is 6.65. The van der Waals surface area contributed by atoms with Crippen LogP contribution in [0.5, 0.6) is 0 Å². The number of hydrogen-bond acceptors (Lipinski definition) is 4. The Morgan fingerprint density at radius 2 is 2.04 bits per heavy atom. The maximum atomic E-state index is 14.4. The van der Waals surface area contributed by atoms with Crippen LogP contribution in [-0.4, -0.2) is 23.1 Å². The smallest absolute Gasteiger partial charge is 0.166 e. The topological polar surface area (TPSA) is 49.8 Å². The molecule has 2 aromatic carbocycles. The molecule has 4 rings (SSSR count). The molecule has 1 fully saturated rings. The van der Waals surface area contributed by atoms with E-state index in [-0.39, 0.29) is 21.1 Å². The number of halogens is 3. The molecule has 1 unspecified atom stereocenters. The average Bonchev–Trinajstić information content (AvgIpc) is 3.10. The van der Waals surface area contributed by atoms with Crippen molar-refractivity contribution in [3.05, 3.63) is 58.1 Å². The first-order valence-electron chi connectivity index (χ1n) is 8.34. The average molecular weight is 391 g/mol. The molecular weight excluding hydrogens is 374 g/mol. The Morgan fingerprint density at radius 1 is 1.19 bits per heavy atom. The van der Waals surface area contributed by atoms with Crippen molar-refractivity contribution in [2.45, 2.75) is 18.8 Å². The van der Waals surface area contributed by atoms with Crippen molar-refractivity contribution in [1.82, 2.24) is 15.3 Å². The summed E-state index contributed by atoms with van der Waals surface area (Å²) < 4.78 is 14.4. The molecule has 134 valence electrons. The first kappa shape index (κ1) is 17.5. The van der Waals surface area contributed by atoms with Gasteiger partial charge in [0.2, 0.25) is 0 Å². The largest absolute Gasteiger partial charge is 0.337 e. The minimum absolute atomic E-state index is 0.0656. The predicted molar refractivity (Wildman–Crippen MR) is 104 cm³/mol. The Labute approximate surface area is 160 Å². The molecule has 26 heavy (non-hydrogen) atoms. The molecule has 1 aliphatic heterocycles. The van der Waals surface area contributed by atoms with Gasteiger partial charge >= 0.3 is 0 Å². The third kappa shape index (κ3) is 3.00. The van der Waals surface area contributed by atoms with Gasteiger partial charge in [-0.05, 0) is 42.8 Å². The van der Waals surface area contributed by atoms with Crippen molar-refractivity contribution in [3.8, 4) is 0 Å². The Kier molecular flexibility index (Phi) is 4.47. The molecule has 3 aromatic rings. The van der Waals surface area contributed by atoms with Crippen molar-refractivity contribution in [1.29, 1.82) is 0 Å². The van der Waals surface area contributed by atoms with Crippen LogP contribution in [0.2, 0.25) is 10.0 Å². The minimum atomic E-state index is -0.603. The van der Waals surface area contributed by atoms with Gasteiger partial charge in [-0.3, -0.25) is 0 Å². The molecule has 2 heterocycles. The number of hydrogen-bond donors (Lipinski definition) is 2. The van der Waals surface area contributed by atoms with Gasteiger partial charge in [-0.25, -0.2) is 14.4 Å². The molecule has 2 N–H and O–H groups in total. The van der Waals surface area contributed by atoms with E-state index in [9.17, 15) is 4.39 Å². The fraction of sp³-hybridized carbons (Fsp3) is 0.263. The van der Waals surface area contributed by atoms with Gasteiger partial charge in [-0.1, -0.05) is 36.2 Å². The van der Waals surface area contributed by atoms with Crippen molar-refractivity contribution in [2.24, 2.45) is 0 Å². The highest BCUT2D eigenvalue weighted by atomic mass is 35.5. The molecule has 1 aliphatic rings. The molecule has 0 spiro atoms. The summed E-state index contributed by atoms with van der Waals surface area (Å²) >= 11 is 11.8. The lowest BCUT2D eigenvalue weighted by atomic mass is 9.81. The third-order valence-corrected chi connectivity index (χ3v) is 5.77. The zero-order valence-electron chi connectivity index (χ0n) is 14.1. The van der Waals surface area contributed by atoms with Gasteiger partial charge in [-0.15, -0.1) is 0 Å². The van der Waals surface area contributed by atoms with Gasteiger partial charge in [-0.2, -0.15) is 0 Å². The molecule has 1 aromatic heterocycles. The van der Waals surface area contributed by atoms with Crippen molar-refractivity contribution in [2.75, 3.05) is 18.4 Å². The summed E-state index contributed by atoms with van der Waals surface area (Å²) in [5.74, 6) is -0.0715. The van der Waals surface area contributed by atoms with Crippen molar-refractivity contribution < 1.29 is 4.39 Å². The van der Waals surface area contributed by atoms with Gasteiger partial charge in [0.05, 0.1) is 21.2 Å². The molecule has 1 saturated heterocycles. The summed E-state index contributed by atoms with van der Waals surface area (Å²) in [4.78, 5) is 8.63. The van der Waals surface area contributed by atoms with E-state index < -0.39 is 5.82 Å². The van der Waals surface area contributed by atoms with E-state index in [1.165, 1.54) is 11.9 Å². The SMILES string of the molecule is CC1(c2ccc3ncnc(Nc4ccc(Cl)c(Cl)c4F)c3c2)CCNC1. The maximum absolute atomic E-state index is 14.4. The molecule has 0 saturated carbocycles. The summed E-state index contributed by atoms with van der Waals surface area (Å²) in [7, 11) is 0. The standard InChI is InChI=1S/C19H17Cl2FN4/c1-19(6-7-23-9-19)11-2-4-14-12(8-11)18(25-10-24-14)26-15-5-3-13(20)16(21)17(15)22/h2-5,8,10,23H,6-7,9H2,1H3,(H,24,25,26). The lowest BCUT2D eigenvalue weighted by Crippen LogP contribution is -2.24. The monoisotopic (exact) mass is 390 g/mol. The number of rotatable bonds is 3. The van der Waals surface area contributed by atoms with Crippen LogP contribution in [0.1, 0.15) is 18.9 Å². The number of aromatic nitrogens is 2. The molecule has 0 amide bonds. The lowest BCUT2D eigenvalue weighted by molar-refractivity contribution is 0.526. The summed E-state index contributed by atoms with van der Waals surface area (Å²) in [5, 5.41) is 7.34. The Bertz CT molecular complexity index is 987. The molecular formula is C19H17Cl2FN4. The second-order valence-electron chi connectivity index (χ2n) is 6.79. The Balaban J connectivity index is 1.79. The number of nitrogens with one attached hydrogen (secondary N) is 2. The van der Waals surface area contributed by atoms with Gasteiger partial charge < -0.3 is 10.6 Å². The van der Waals surface area contributed by atoms with E-state index in [0.29, 0.717) is 5.82 Å². The Morgan fingerprint density at radius 3 is 2.81 bits per heavy atom. The van der Waals surface area contributed by atoms with Crippen LogP contribution in [0, 0.1) is 5.82 Å². The summed E-state index contributed by atoms with van der Waals surface area (Å²) in [5.41, 5.74) is 2.29. The number of anilines is 2. The predicted octanol–water partition coefficient (Wildman–Crippen LogP) is 5.07. The lowest BCUT2D eigenvalue weighted by Gasteiger charge is -2.24. The molecule has 0 bridgehead atoms. The van der Waals surface area contributed by atoms with E-state index in [1.54, 1.807) is 12.1 Å². The van der Waals surface area contributed by atoms with Crippen LogP contribution in [0.3, 0.4) is 0 Å². The summed E-state index contributed by atoms with van der Waals surface area (Å²) in [6.07, 6.45) is 2.52. The van der Waals surface area contributed by atoms with Crippen LogP contribution in [0.15, 0.2) is 36.7 Å². The highest BCUT2D eigenvalue weighted by Crippen LogP contribution is 2.35. The Hall–Kier alpha value is -1.95. The van der Waals surface area contributed by atoms with Gasteiger partial charge in [0, 0.05) is 17.3 Å². The van der Waals surface area contributed by atoms with E-state index in [4.69, 9.17) is 23.2 Å². The maximum Gasteiger partial charge on any atom is 0.166 e. The molecule has 4 nitrogen and oxygen atoms in total. The van der Waals surface area contributed by atoms with Crippen LogP contribution in [-0.2, 0) is 5.41 Å². The van der Waals surface area contributed by atoms with Gasteiger partial charge in [0.15, 0.2) is 5.82 Å². The van der Waals surface area contributed by atoms with Gasteiger partial charge in [0.1, 0.15) is 12.1 Å². The number of benzene rings is 2. The van der Waals surface area contributed by atoms with Crippen LogP contribution in [0.4, 0.5) is 15.9 Å². The zero-order valence-corrected chi connectivity index (χ0v) is 15.6. The molecule has 0 aliphatic carbocycles. The van der Waals surface area contributed by atoms with Crippen LogP contribution in [0.25, 0.3) is 10.9 Å². The molecule has 7 heteroatoms. The van der Waals surface area contributed by atoms with E-state index in [0.717, 1.165) is 30.4 Å².